The lowest BCUT2D eigenvalue weighted by Crippen LogP contribution is -3.00. The molecule has 0 aliphatic rings. The molecule has 0 spiro atoms. The van der Waals surface area contributed by atoms with Gasteiger partial charge in [0.2, 0.25) is 0 Å². The maximum absolute atomic E-state index is 2.29. The van der Waals surface area contributed by atoms with Crippen molar-refractivity contribution in [1.82, 2.24) is 4.48 Å². The highest BCUT2D eigenvalue weighted by Crippen LogP contribution is 2.24. The van der Waals surface area contributed by atoms with Gasteiger partial charge in [0.1, 0.15) is 5.69 Å². The molecule has 98 valence electrons. The number of para-hydroxylation sites is 1. The van der Waals surface area contributed by atoms with Crippen molar-refractivity contribution in [3.63, 3.8) is 0 Å². The maximum Gasteiger partial charge on any atom is 0.132 e. The van der Waals surface area contributed by atoms with Gasteiger partial charge in [-0.05, 0) is 31.4 Å². The summed E-state index contributed by atoms with van der Waals surface area (Å²) in [6.07, 6.45) is 3.78. The molecule has 0 aliphatic carbocycles. The molecule has 0 aromatic heterocycles. The maximum atomic E-state index is 2.29. The van der Waals surface area contributed by atoms with Crippen molar-refractivity contribution in [3.05, 3.63) is 30.3 Å². The molecule has 0 bridgehead atoms. The van der Waals surface area contributed by atoms with Crippen LogP contribution in [-0.2, 0) is 0 Å². The molecular weight excluding hydrogens is 230 g/mol. The van der Waals surface area contributed by atoms with Gasteiger partial charge in [-0.3, -0.25) is 4.48 Å². The van der Waals surface area contributed by atoms with E-state index in [4.69, 9.17) is 0 Å². The lowest BCUT2D eigenvalue weighted by Gasteiger charge is -2.38. The Bertz CT molecular complexity index is 267. The van der Waals surface area contributed by atoms with Gasteiger partial charge < -0.3 is 12.4 Å². The van der Waals surface area contributed by atoms with Crippen LogP contribution in [0, 0.1) is 0 Å². The second-order valence-corrected chi connectivity index (χ2v) is 4.65. The zero-order chi connectivity index (χ0) is 11.9. The molecule has 0 radical (unpaired) electrons. The van der Waals surface area contributed by atoms with Gasteiger partial charge in [-0.1, -0.05) is 39.0 Å². The molecule has 0 N–H and O–H groups in total. The lowest BCUT2D eigenvalue weighted by molar-refractivity contribution is -0.00000357. The van der Waals surface area contributed by atoms with Crippen molar-refractivity contribution >= 4 is 5.69 Å². The summed E-state index contributed by atoms with van der Waals surface area (Å²) in [4.78, 5) is 0. The molecule has 0 heterocycles. The van der Waals surface area contributed by atoms with E-state index in [0.29, 0.717) is 0 Å². The summed E-state index contributed by atoms with van der Waals surface area (Å²) in [7, 11) is 0. The fourth-order valence-electron chi connectivity index (χ4n) is 2.75. The minimum atomic E-state index is 0. The summed E-state index contributed by atoms with van der Waals surface area (Å²) < 4.78 is 1.17. The topological polar surface area (TPSA) is 0 Å². The number of nitrogens with zero attached hydrogens (tertiary/aromatic N) is 1. The molecule has 0 amide bonds. The van der Waals surface area contributed by atoms with Crippen molar-refractivity contribution in [2.75, 3.05) is 19.6 Å². The van der Waals surface area contributed by atoms with Crippen LogP contribution < -0.4 is 16.9 Å². The standard InChI is InChI=1S/C15H26N.ClH/c1-4-12-16(13-5-2,14-6-3)15-10-8-7-9-11-15;/h7-11H,4-6,12-14H2,1-3H3;1H/q+1;/p-1. The molecule has 0 unspecified atom stereocenters. The van der Waals surface area contributed by atoms with E-state index in [1.165, 1.54) is 49.1 Å². The summed E-state index contributed by atoms with van der Waals surface area (Å²) in [6, 6.07) is 11.0. The molecule has 0 fully saturated rings. The Balaban J connectivity index is 0.00000256. The number of quaternary nitrogens is 1. The second kappa shape index (κ2) is 8.54. The Morgan fingerprint density at radius 3 is 1.53 bits per heavy atom. The van der Waals surface area contributed by atoms with Gasteiger partial charge in [0, 0.05) is 0 Å². The predicted molar refractivity (Wildman–Crippen MR) is 73.7 cm³/mol. The van der Waals surface area contributed by atoms with E-state index >= 15 is 0 Å². The van der Waals surface area contributed by atoms with Crippen LogP contribution >= 0.6 is 0 Å². The highest BCUT2D eigenvalue weighted by molar-refractivity contribution is 5.42. The average molecular weight is 256 g/mol. The Kier molecular flexibility index (Phi) is 8.28. The molecule has 1 rings (SSSR count). The molecule has 0 saturated heterocycles. The number of hydrogen-bond donors (Lipinski definition) is 0. The monoisotopic (exact) mass is 255 g/mol. The van der Waals surface area contributed by atoms with Crippen molar-refractivity contribution in [2.24, 2.45) is 0 Å². The number of benzene rings is 1. The number of hydrogen-bond acceptors (Lipinski definition) is 0. The first-order valence-electron chi connectivity index (χ1n) is 6.70. The van der Waals surface area contributed by atoms with Crippen molar-refractivity contribution in [3.8, 4) is 0 Å². The van der Waals surface area contributed by atoms with E-state index < -0.39 is 0 Å². The Morgan fingerprint density at radius 1 is 0.765 bits per heavy atom. The minimum Gasteiger partial charge on any atom is -1.00 e. The molecule has 2 heteroatoms. The quantitative estimate of drug-likeness (QED) is 0.643. The molecule has 0 atom stereocenters. The van der Waals surface area contributed by atoms with Crippen molar-refractivity contribution < 1.29 is 12.4 Å². The Labute approximate surface area is 113 Å². The van der Waals surface area contributed by atoms with Crippen LogP contribution in [0.2, 0.25) is 0 Å². The minimum absolute atomic E-state index is 0. The first-order valence-corrected chi connectivity index (χ1v) is 6.70. The molecule has 17 heavy (non-hydrogen) atoms. The van der Waals surface area contributed by atoms with Gasteiger partial charge in [-0.15, -0.1) is 0 Å². The van der Waals surface area contributed by atoms with E-state index in [1.54, 1.807) is 0 Å². The highest BCUT2D eigenvalue weighted by Gasteiger charge is 2.27. The summed E-state index contributed by atoms with van der Waals surface area (Å²) in [5.41, 5.74) is 1.49. The highest BCUT2D eigenvalue weighted by atomic mass is 35.5. The van der Waals surface area contributed by atoms with Crippen LogP contribution in [0.25, 0.3) is 0 Å². The van der Waals surface area contributed by atoms with Gasteiger partial charge in [0.25, 0.3) is 0 Å². The zero-order valence-corrected chi connectivity index (χ0v) is 12.2. The summed E-state index contributed by atoms with van der Waals surface area (Å²) in [6.45, 7) is 10.7. The van der Waals surface area contributed by atoms with E-state index in [2.05, 4.69) is 51.1 Å². The summed E-state index contributed by atoms with van der Waals surface area (Å²) in [5.74, 6) is 0. The van der Waals surface area contributed by atoms with Gasteiger partial charge in [-0.25, -0.2) is 0 Å². The number of halogens is 1. The fourth-order valence-corrected chi connectivity index (χ4v) is 2.75. The lowest BCUT2D eigenvalue weighted by atomic mass is 10.1. The van der Waals surface area contributed by atoms with Crippen LogP contribution in [0.1, 0.15) is 40.0 Å². The Morgan fingerprint density at radius 2 is 1.18 bits per heavy atom. The van der Waals surface area contributed by atoms with E-state index in [9.17, 15) is 0 Å². The Hall–Kier alpha value is -0.530. The fraction of sp³-hybridized carbons (Fsp3) is 0.600. The van der Waals surface area contributed by atoms with E-state index in [1.807, 2.05) is 0 Å². The van der Waals surface area contributed by atoms with E-state index in [0.717, 1.165) is 0 Å². The smallest absolute Gasteiger partial charge is 0.132 e. The largest absolute Gasteiger partial charge is 1.00 e. The molecule has 0 aliphatic heterocycles. The van der Waals surface area contributed by atoms with Crippen molar-refractivity contribution in [2.45, 2.75) is 40.0 Å². The van der Waals surface area contributed by atoms with Crippen LogP contribution in [-0.4, -0.2) is 19.6 Å². The molecule has 0 saturated carbocycles. The molecular formula is C15H26ClN. The average Bonchev–Trinajstić information content (AvgIpc) is 2.31. The van der Waals surface area contributed by atoms with Crippen LogP contribution in [0.5, 0.6) is 0 Å². The van der Waals surface area contributed by atoms with Gasteiger partial charge >= 0.3 is 0 Å². The molecule has 1 nitrogen and oxygen atoms in total. The normalized spacial score (nSPS) is 11.0. The van der Waals surface area contributed by atoms with Crippen molar-refractivity contribution in [1.29, 1.82) is 0 Å². The van der Waals surface area contributed by atoms with Gasteiger partial charge in [0.15, 0.2) is 0 Å². The van der Waals surface area contributed by atoms with Crippen LogP contribution in [0.3, 0.4) is 0 Å². The van der Waals surface area contributed by atoms with Crippen LogP contribution in [0.4, 0.5) is 5.69 Å². The van der Waals surface area contributed by atoms with E-state index in [-0.39, 0.29) is 12.4 Å². The SMILES string of the molecule is CCC[N+](CCC)(CCC)c1ccccc1.[Cl-]. The van der Waals surface area contributed by atoms with Gasteiger partial charge in [0.05, 0.1) is 19.6 Å². The zero-order valence-electron chi connectivity index (χ0n) is 11.5. The summed E-state index contributed by atoms with van der Waals surface area (Å²) >= 11 is 0. The molecule has 1 aromatic rings. The van der Waals surface area contributed by atoms with Gasteiger partial charge in [-0.2, -0.15) is 0 Å². The predicted octanol–water partition coefficient (Wildman–Crippen LogP) is 1.23. The number of rotatable bonds is 7. The summed E-state index contributed by atoms with van der Waals surface area (Å²) in [5, 5.41) is 0. The first kappa shape index (κ1) is 16.5. The van der Waals surface area contributed by atoms with Crippen LogP contribution in [0.15, 0.2) is 30.3 Å². The second-order valence-electron chi connectivity index (χ2n) is 4.65. The third-order valence-electron chi connectivity index (χ3n) is 3.26. The molecule has 1 aromatic carbocycles. The third-order valence-corrected chi connectivity index (χ3v) is 3.26. The first-order chi connectivity index (χ1) is 7.79. The third kappa shape index (κ3) is 4.33.